The summed E-state index contributed by atoms with van der Waals surface area (Å²) in [6, 6.07) is 5.98. The third-order valence-electron chi connectivity index (χ3n) is 5.39. The van der Waals surface area contributed by atoms with Crippen molar-refractivity contribution in [1.82, 2.24) is 14.8 Å². The van der Waals surface area contributed by atoms with E-state index in [0.29, 0.717) is 0 Å². The van der Waals surface area contributed by atoms with Gasteiger partial charge >= 0.3 is 0 Å². The van der Waals surface area contributed by atoms with Crippen LogP contribution >= 0.6 is 0 Å². The molecule has 2 heterocycles. The minimum absolute atomic E-state index is 0.0438. The Morgan fingerprint density at radius 1 is 1.17 bits per heavy atom. The standard InChI is InChI=1S/C25H36N4O/c1-7-9-13-26-20(5)24(22(8-2)23-12-10-11-14-27-23)21(6)28-15-17-29(18-16-28)25(30)19(3)4/h8-14,19H,7,15-18H2,1-6H3/b13-9+,22-8-,24-21-,26-20+. The first kappa shape index (κ1) is 23.6. The van der Waals surface area contributed by atoms with E-state index in [1.54, 1.807) is 0 Å². The van der Waals surface area contributed by atoms with Crippen LogP contribution in [0.4, 0.5) is 0 Å². The molecule has 0 aliphatic carbocycles. The summed E-state index contributed by atoms with van der Waals surface area (Å²) < 4.78 is 0. The number of amides is 1. The third kappa shape index (κ3) is 5.91. The Morgan fingerprint density at radius 3 is 2.37 bits per heavy atom. The van der Waals surface area contributed by atoms with E-state index in [1.165, 1.54) is 5.70 Å². The summed E-state index contributed by atoms with van der Waals surface area (Å²) in [5.74, 6) is 0.281. The molecule has 0 aromatic carbocycles. The van der Waals surface area contributed by atoms with E-state index in [0.717, 1.165) is 55.2 Å². The lowest BCUT2D eigenvalue weighted by Gasteiger charge is -2.38. The Bertz CT molecular complexity index is 826. The topological polar surface area (TPSA) is 48.8 Å². The fraction of sp³-hybridized carbons (Fsp3) is 0.480. The monoisotopic (exact) mass is 408 g/mol. The van der Waals surface area contributed by atoms with E-state index < -0.39 is 0 Å². The predicted octanol–water partition coefficient (Wildman–Crippen LogP) is 4.94. The van der Waals surface area contributed by atoms with Crippen LogP contribution in [0.25, 0.3) is 5.57 Å². The molecule has 0 bridgehead atoms. The van der Waals surface area contributed by atoms with Crippen LogP contribution in [0.5, 0.6) is 0 Å². The lowest BCUT2D eigenvalue weighted by atomic mass is 9.95. The maximum absolute atomic E-state index is 12.4. The highest BCUT2D eigenvalue weighted by Crippen LogP contribution is 2.28. The first-order valence-corrected chi connectivity index (χ1v) is 10.9. The summed E-state index contributed by atoms with van der Waals surface area (Å²) in [5.41, 5.74) is 5.28. The predicted molar refractivity (Wildman–Crippen MR) is 126 cm³/mol. The smallest absolute Gasteiger partial charge is 0.225 e. The zero-order valence-electron chi connectivity index (χ0n) is 19.4. The number of aliphatic imine (C=N–C) groups is 1. The zero-order chi connectivity index (χ0) is 22.1. The molecule has 1 aromatic heterocycles. The molecular formula is C25H36N4O. The van der Waals surface area contributed by atoms with Gasteiger partial charge in [0.1, 0.15) is 0 Å². The normalized spacial score (nSPS) is 17.0. The summed E-state index contributed by atoms with van der Waals surface area (Å²) in [7, 11) is 0. The molecule has 0 radical (unpaired) electrons. The first-order valence-electron chi connectivity index (χ1n) is 10.9. The van der Waals surface area contributed by atoms with Gasteiger partial charge in [0.2, 0.25) is 5.91 Å². The van der Waals surface area contributed by atoms with E-state index in [4.69, 9.17) is 4.99 Å². The lowest BCUT2D eigenvalue weighted by molar-refractivity contribution is -0.135. The number of hydrogen-bond acceptors (Lipinski definition) is 4. The number of piperazine rings is 1. The molecule has 162 valence electrons. The molecule has 0 unspecified atom stereocenters. The van der Waals surface area contributed by atoms with Crippen molar-refractivity contribution in [2.45, 2.75) is 48.0 Å². The maximum Gasteiger partial charge on any atom is 0.225 e. The summed E-state index contributed by atoms with van der Waals surface area (Å²) in [6.45, 7) is 15.5. The van der Waals surface area contributed by atoms with Crippen molar-refractivity contribution in [1.29, 1.82) is 0 Å². The van der Waals surface area contributed by atoms with Crippen LogP contribution in [0.2, 0.25) is 0 Å². The van der Waals surface area contributed by atoms with Gasteiger partial charge in [0.15, 0.2) is 0 Å². The molecule has 0 spiro atoms. The number of allylic oxidation sites excluding steroid dienone is 5. The number of hydrogen-bond donors (Lipinski definition) is 0. The molecule has 5 heteroatoms. The highest BCUT2D eigenvalue weighted by molar-refractivity contribution is 6.12. The van der Waals surface area contributed by atoms with Gasteiger partial charge in [-0.3, -0.25) is 14.8 Å². The number of nitrogens with zero attached hydrogens (tertiary/aromatic N) is 4. The molecule has 1 aliphatic heterocycles. The second kappa shape index (κ2) is 11.5. The van der Waals surface area contributed by atoms with Crippen molar-refractivity contribution in [3.05, 3.63) is 59.7 Å². The van der Waals surface area contributed by atoms with Gasteiger partial charge in [0, 0.05) is 67.0 Å². The highest BCUT2D eigenvalue weighted by Gasteiger charge is 2.25. The van der Waals surface area contributed by atoms with E-state index in [2.05, 4.69) is 42.8 Å². The number of aromatic nitrogens is 1. The molecule has 1 aromatic rings. The Morgan fingerprint density at radius 2 is 1.83 bits per heavy atom. The van der Waals surface area contributed by atoms with Crippen LogP contribution in [0.15, 0.2) is 59.0 Å². The summed E-state index contributed by atoms with van der Waals surface area (Å²) in [5, 5.41) is 0. The molecule has 1 aliphatic rings. The van der Waals surface area contributed by atoms with Crippen LogP contribution in [-0.4, -0.2) is 52.6 Å². The van der Waals surface area contributed by atoms with Crippen molar-refractivity contribution < 1.29 is 4.79 Å². The molecule has 30 heavy (non-hydrogen) atoms. The molecule has 1 saturated heterocycles. The number of carbonyl (C=O) groups is 1. The molecular weight excluding hydrogens is 372 g/mol. The second-order valence-corrected chi connectivity index (χ2v) is 7.85. The summed E-state index contributed by atoms with van der Waals surface area (Å²) >= 11 is 0. The molecule has 2 rings (SSSR count). The molecule has 0 N–H and O–H groups in total. The Labute approximate surface area is 181 Å². The highest BCUT2D eigenvalue weighted by atomic mass is 16.2. The maximum atomic E-state index is 12.4. The van der Waals surface area contributed by atoms with Crippen LogP contribution in [-0.2, 0) is 4.79 Å². The Balaban J connectivity index is 2.40. The van der Waals surface area contributed by atoms with Gasteiger partial charge in [-0.1, -0.05) is 39.0 Å². The van der Waals surface area contributed by atoms with Crippen LogP contribution < -0.4 is 0 Å². The molecule has 0 atom stereocenters. The van der Waals surface area contributed by atoms with Crippen molar-refractivity contribution >= 4 is 17.2 Å². The Hall–Kier alpha value is -2.69. The third-order valence-corrected chi connectivity index (χ3v) is 5.39. The van der Waals surface area contributed by atoms with Crippen molar-refractivity contribution in [3.63, 3.8) is 0 Å². The quantitative estimate of drug-likeness (QED) is 0.474. The Kier molecular flexibility index (Phi) is 9.03. The molecule has 1 amide bonds. The van der Waals surface area contributed by atoms with E-state index in [9.17, 15) is 4.79 Å². The van der Waals surface area contributed by atoms with Crippen molar-refractivity contribution in [2.24, 2.45) is 10.9 Å². The average Bonchev–Trinajstić information content (AvgIpc) is 2.77. The van der Waals surface area contributed by atoms with Crippen LogP contribution in [0, 0.1) is 5.92 Å². The SMILES string of the molecule is C\C=C(C(/C(C)=N/C=C/CC)=C(/C)N1CCN(C(=O)C(C)C)CC1)\c1ccccn1. The van der Waals surface area contributed by atoms with Gasteiger partial charge < -0.3 is 9.80 Å². The van der Waals surface area contributed by atoms with E-state index in [-0.39, 0.29) is 11.8 Å². The van der Waals surface area contributed by atoms with Gasteiger partial charge in [-0.2, -0.15) is 0 Å². The second-order valence-electron chi connectivity index (χ2n) is 7.85. The lowest BCUT2D eigenvalue weighted by Crippen LogP contribution is -2.49. The van der Waals surface area contributed by atoms with Gasteiger partial charge in [-0.15, -0.1) is 0 Å². The fourth-order valence-corrected chi connectivity index (χ4v) is 3.71. The molecule has 5 nitrogen and oxygen atoms in total. The van der Waals surface area contributed by atoms with Crippen molar-refractivity contribution in [3.8, 4) is 0 Å². The minimum atomic E-state index is 0.0438. The molecule has 1 fully saturated rings. The van der Waals surface area contributed by atoms with Gasteiger partial charge in [0.05, 0.1) is 5.69 Å². The van der Waals surface area contributed by atoms with Crippen LogP contribution in [0.1, 0.15) is 53.7 Å². The number of carbonyl (C=O) groups excluding carboxylic acids is 1. The molecule has 0 saturated carbocycles. The van der Waals surface area contributed by atoms with Gasteiger partial charge in [-0.25, -0.2) is 0 Å². The van der Waals surface area contributed by atoms with Crippen molar-refractivity contribution in [2.75, 3.05) is 26.2 Å². The largest absolute Gasteiger partial charge is 0.371 e. The summed E-state index contributed by atoms with van der Waals surface area (Å²) in [4.78, 5) is 26.0. The number of pyridine rings is 1. The zero-order valence-corrected chi connectivity index (χ0v) is 19.4. The van der Waals surface area contributed by atoms with E-state index >= 15 is 0 Å². The summed E-state index contributed by atoms with van der Waals surface area (Å²) in [6.07, 6.45) is 8.83. The minimum Gasteiger partial charge on any atom is -0.371 e. The van der Waals surface area contributed by atoms with E-state index in [1.807, 2.05) is 56.3 Å². The van der Waals surface area contributed by atoms with Gasteiger partial charge in [0.25, 0.3) is 0 Å². The fourth-order valence-electron chi connectivity index (χ4n) is 3.71. The average molecular weight is 409 g/mol. The first-order chi connectivity index (χ1) is 14.4. The van der Waals surface area contributed by atoms with Gasteiger partial charge in [-0.05, 0) is 39.3 Å². The number of rotatable bonds is 7. The van der Waals surface area contributed by atoms with Crippen LogP contribution in [0.3, 0.4) is 0 Å².